The molecule has 3 nitrogen and oxygen atoms in total. The van der Waals surface area contributed by atoms with Gasteiger partial charge in [0, 0.05) is 5.69 Å². The maximum atomic E-state index is 11.9. The maximum absolute atomic E-state index is 11.9. The van der Waals surface area contributed by atoms with Gasteiger partial charge in [-0.25, -0.2) is 0 Å². The molecule has 0 radical (unpaired) electrons. The maximum Gasteiger partial charge on any atom is 0.238 e. The normalized spacial score (nSPS) is 17.2. The third kappa shape index (κ3) is 4.23. The minimum atomic E-state index is -0.170. The van der Waals surface area contributed by atoms with Crippen LogP contribution in [0.5, 0.6) is 5.75 Å². The van der Waals surface area contributed by atoms with E-state index in [2.05, 4.69) is 21.2 Å². The second kappa shape index (κ2) is 7.11. The van der Waals surface area contributed by atoms with Crippen LogP contribution in [-0.2, 0) is 4.79 Å². The number of hydrogen-bond acceptors (Lipinski definition) is 2. The Kier molecular flexibility index (Phi) is 5.46. The summed E-state index contributed by atoms with van der Waals surface area (Å²) in [6, 6.07) is 7.63. The fourth-order valence-electron chi connectivity index (χ4n) is 2.33. The molecule has 1 aliphatic carbocycles. The number of halogens is 1. The summed E-state index contributed by atoms with van der Waals surface area (Å²) >= 11 is 3.40. The Labute approximate surface area is 129 Å². The zero-order valence-corrected chi connectivity index (χ0v) is 13.7. The first-order chi connectivity index (χ1) is 9.56. The standard InChI is InChI=1S/C16H22BrNO2/c1-11(2)15(17)16(19)18-12-7-9-14(10-8-12)20-13-5-3-4-6-13/h7-11,13,15H,3-6H2,1-2H3,(H,18,19). The van der Waals surface area contributed by atoms with Crippen molar-refractivity contribution in [3.63, 3.8) is 0 Å². The molecule has 1 saturated carbocycles. The van der Waals surface area contributed by atoms with E-state index in [9.17, 15) is 4.79 Å². The lowest BCUT2D eigenvalue weighted by Crippen LogP contribution is -2.26. The molecule has 1 amide bonds. The van der Waals surface area contributed by atoms with Gasteiger partial charge in [-0.3, -0.25) is 4.79 Å². The van der Waals surface area contributed by atoms with E-state index in [0.717, 1.165) is 24.3 Å². The van der Waals surface area contributed by atoms with Gasteiger partial charge in [-0.2, -0.15) is 0 Å². The van der Waals surface area contributed by atoms with Crippen LogP contribution in [0.3, 0.4) is 0 Å². The van der Waals surface area contributed by atoms with E-state index in [-0.39, 0.29) is 16.7 Å². The van der Waals surface area contributed by atoms with Crippen LogP contribution in [0.2, 0.25) is 0 Å². The number of alkyl halides is 1. The van der Waals surface area contributed by atoms with E-state index >= 15 is 0 Å². The summed E-state index contributed by atoms with van der Waals surface area (Å²) in [4.78, 5) is 11.8. The molecule has 1 aliphatic rings. The van der Waals surface area contributed by atoms with Crippen molar-refractivity contribution in [1.82, 2.24) is 0 Å². The van der Waals surface area contributed by atoms with Crippen LogP contribution < -0.4 is 10.1 Å². The van der Waals surface area contributed by atoms with E-state index in [1.165, 1.54) is 12.8 Å². The summed E-state index contributed by atoms with van der Waals surface area (Å²) in [5.41, 5.74) is 0.805. The summed E-state index contributed by atoms with van der Waals surface area (Å²) in [6.45, 7) is 4.02. The Balaban J connectivity index is 1.89. The Hall–Kier alpha value is -1.03. The second-order valence-corrected chi connectivity index (χ2v) is 6.67. The quantitative estimate of drug-likeness (QED) is 0.809. The number of rotatable bonds is 5. The molecule has 0 heterocycles. The predicted molar refractivity (Wildman–Crippen MR) is 85.5 cm³/mol. The third-order valence-corrected chi connectivity index (χ3v) is 5.04. The molecule has 110 valence electrons. The van der Waals surface area contributed by atoms with Gasteiger partial charge in [-0.15, -0.1) is 0 Å². The number of ether oxygens (including phenoxy) is 1. The van der Waals surface area contributed by atoms with Crippen LogP contribution in [0, 0.1) is 5.92 Å². The van der Waals surface area contributed by atoms with Crippen molar-refractivity contribution in [2.75, 3.05) is 5.32 Å². The molecule has 0 spiro atoms. The fourth-order valence-corrected chi connectivity index (χ4v) is 2.44. The van der Waals surface area contributed by atoms with Crippen LogP contribution in [-0.4, -0.2) is 16.8 Å². The van der Waals surface area contributed by atoms with E-state index < -0.39 is 0 Å². The predicted octanol–water partition coefficient (Wildman–Crippen LogP) is 4.37. The highest BCUT2D eigenvalue weighted by Gasteiger charge is 2.19. The minimum Gasteiger partial charge on any atom is -0.490 e. The number of anilines is 1. The first kappa shape index (κ1) is 15.4. The summed E-state index contributed by atoms with van der Waals surface area (Å²) in [7, 11) is 0. The summed E-state index contributed by atoms with van der Waals surface area (Å²) in [5, 5.41) is 2.90. The topological polar surface area (TPSA) is 38.3 Å². The van der Waals surface area contributed by atoms with Crippen molar-refractivity contribution >= 4 is 27.5 Å². The molecule has 1 aromatic carbocycles. The average Bonchev–Trinajstić information content (AvgIpc) is 2.92. The molecule has 0 bridgehead atoms. The molecule has 20 heavy (non-hydrogen) atoms. The van der Waals surface area contributed by atoms with E-state index in [0.29, 0.717) is 6.10 Å². The molecule has 0 aromatic heterocycles. The van der Waals surface area contributed by atoms with Crippen LogP contribution in [0.25, 0.3) is 0 Å². The molecule has 4 heteroatoms. The largest absolute Gasteiger partial charge is 0.490 e. The van der Waals surface area contributed by atoms with Gasteiger partial charge in [0.05, 0.1) is 10.9 Å². The van der Waals surface area contributed by atoms with Gasteiger partial charge >= 0.3 is 0 Å². The fraction of sp³-hybridized carbons (Fsp3) is 0.562. The Morgan fingerprint density at radius 1 is 1.25 bits per heavy atom. The number of amides is 1. The lowest BCUT2D eigenvalue weighted by atomic mass is 10.1. The number of nitrogens with one attached hydrogen (secondary N) is 1. The highest BCUT2D eigenvalue weighted by atomic mass is 79.9. The van der Waals surface area contributed by atoms with Gasteiger partial charge in [0.25, 0.3) is 0 Å². The third-order valence-electron chi connectivity index (χ3n) is 3.56. The number of carbonyl (C=O) groups excluding carboxylic acids is 1. The molecule has 2 rings (SSSR count). The first-order valence-electron chi connectivity index (χ1n) is 7.28. The number of carbonyl (C=O) groups is 1. The van der Waals surface area contributed by atoms with Gasteiger partial charge < -0.3 is 10.1 Å². The van der Waals surface area contributed by atoms with Crippen molar-refractivity contribution in [3.05, 3.63) is 24.3 Å². The molecule has 1 atom stereocenters. The molecule has 1 unspecified atom stereocenters. The van der Waals surface area contributed by atoms with Crippen molar-refractivity contribution in [2.45, 2.75) is 50.5 Å². The van der Waals surface area contributed by atoms with Crippen LogP contribution >= 0.6 is 15.9 Å². The first-order valence-corrected chi connectivity index (χ1v) is 8.19. The van der Waals surface area contributed by atoms with Gasteiger partial charge in [0.15, 0.2) is 0 Å². The molecule has 1 aromatic rings. The van der Waals surface area contributed by atoms with Crippen LogP contribution in [0.4, 0.5) is 5.69 Å². The van der Waals surface area contributed by atoms with E-state index in [1.54, 1.807) is 0 Å². The molecule has 0 saturated heterocycles. The monoisotopic (exact) mass is 339 g/mol. The number of benzene rings is 1. The van der Waals surface area contributed by atoms with Crippen LogP contribution in [0.15, 0.2) is 24.3 Å². The molecule has 0 aliphatic heterocycles. The van der Waals surface area contributed by atoms with Crippen molar-refractivity contribution in [2.24, 2.45) is 5.92 Å². The Morgan fingerprint density at radius 3 is 2.40 bits per heavy atom. The molecular weight excluding hydrogens is 318 g/mol. The van der Waals surface area contributed by atoms with E-state index in [1.807, 2.05) is 38.1 Å². The average molecular weight is 340 g/mol. The summed E-state index contributed by atoms with van der Waals surface area (Å²) in [5.74, 6) is 1.14. The molecular formula is C16H22BrNO2. The van der Waals surface area contributed by atoms with Gasteiger partial charge in [-0.05, 0) is 55.9 Å². The van der Waals surface area contributed by atoms with Crippen molar-refractivity contribution in [3.8, 4) is 5.75 Å². The summed E-state index contributed by atoms with van der Waals surface area (Å²) < 4.78 is 5.90. The zero-order valence-electron chi connectivity index (χ0n) is 12.1. The van der Waals surface area contributed by atoms with Crippen LogP contribution in [0.1, 0.15) is 39.5 Å². The van der Waals surface area contributed by atoms with Gasteiger partial charge in [0.2, 0.25) is 5.91 Å². The lowest BCUT2D eigenvalue weighted by Gasteiger charge is -2.15. The van der Waals surface area contributed by atoms with Crippen molar-refractivity contribution < 1.29 is 9.53 Å². The SMILES string of the molecule is CC(C)C(Br)C(=O)Nc1ccc(OC2CCCC2)cc1. The van der Waals surface area contributed by atoms with Gasteiger partial charge in [-0.1, -0.05) is 29.8 Å². The molecule has 1 N–H and O–H groups in total. The van der Waals surface area contributed by atoms with Gasteiger partial charge in [0.1, 0.15) is 5.75 Å². The van der Waals surface area contributed by atoms with Crippen molar-refractivity contribution in [1.29, 1.82) is 0 Å². The summed E-state index contributed by atoms with van der Waals surface area (Å²) in [6.07, 6.45) is 5.20. The Morgan fingerprint density at radius 2 is 1.85 bits per heavy atom. The highest BCUT2D eigenvalue weighted by Crippen LogP contribution is 2.25. The molecule has 1 fully saturated rings. The highest BCUT2D eigenvalue weighted by molar-refractivity contribution is 9.10. The minimum absolute atomic E-state index is 0.00976. The smallest absolute Gasteiger partial charge is 0.238 e. The second-order valence-electron chi connectivity index (χ2n) is 5.68. The number of hydrogen-bond donors (Lipinski definition) is 1. The Bertz CT molecular complexity index is 438. The lowest BCUT2D eigenvalue weighted by molar-refractivity contribution is -0.116. The zero-order chi connectivity index (χ0) is 14.5. The van der Waals surface area contributed by atoms with E-state index in [4.69, 9.17) is 4.74 Å².